The average Bonchev–Trinajstić information content (AvgIpc) is 2.25. The highest BCUT2D eigenvalue weighted by atomic mass is 16.5. The Labute approximate surface area is 113 Å². The molecule has 0 aromatic heterocycles. The van der Waals surface area contributed by atoms with Crippen LogP contribution < -0.4 is 15.8 Å². The summed E-state index contributed by atoms with van der Waals surface area (Å²) in [6.07, 6.45) is 0. The van der Waals surface area contributed by atoms with Crippen LogP contribution in [-0.2, 0) is 4.79 Å². The number of anilines is 2. The van der Waals surface area contributed by atoms with Crippen LogP contribution in [-0.4, -0.2) is 18.8 Å². The van der Waals surface area contributed by atoms with Gasteiger partial charge in [0.05, 0.1) is 18.4 Å². The van der Waals surface area contributed by atoms with Gasteiger partial charge in [-0.2, -0.15) is 0 Å². The predicted molar refractivity (Wildman–Crippen MR) is 75.5 cm³/mol. The van der Waals surface area contributed by atoms with Gasteiger partial charge in [0, 0.05) is 18.0 Å². The highest BCUT2D eigenvalue weighted by molar-refractivity contribution is 6.05. The van der Waals surface area contributed by atoms with E-state index in [2.05, 4.69) is 5.32 Å². The van der Waals surface area contributed by atoms with E-state index in [1.54, 1.807) is 12.1 Å². The number of Topliss-reactive ketones (excluding diaryl/α,β-unsaturated/α-hetero) is 1. The molecular formula is C14H20N2O3. The van der Waals surface area contributed by atoms with E-state index in [9.17, 15) is 9.59 Å². The molecule has 19 heavy (non-hydrogen) atoms. The minimum atomic E-state index is -0.561. The summed E-state index contributed by atoms with van der Waals surface area (Å²) in [5, 5.41) is 2.62. The molecule has 0 aliphatic heterocycles. The lowest BCUT2D eigenvalue weighted by molar-refractivity contribution is -0.114. The lowest BCUT2D eigenvalue weighted by Crippen LogP contribution is -2.21. The van der Waals surface area contributed by atoms with Crippen LogP contribution in [0.15, 0.2) is 12.1 Å². The molecule has 5 nitrogen and oxygen atoms in total. The smallest absolute Gasteiger partial charge is 0.221 e. The van der Waals surface area contributed by atoms with Crippen molar-refractivity contribution in [3.05, 3.63) is 17.7 Å². The third-order valence-corrected chi connectivity index (χ3v) is 2.55. The normalized spacial score (nSPS) is 11.0. The van der Waals surface area contributed by atoms with Crippen molar-refractivity contribution < 1.29 is 14.3 Å². The van der Waals surface area contributed by atoms with Crippen LogP contribution in [0.25, 0.3) is 0 Å². The van der Waals surface area contributed by atoms with E-state index in [1.807, 2.05) is 20.8 Å². The van der Waals surface area contributed by atoms with E-state index in [0.29, 0.717) is 22.7 Å². The molecular weight excluding hydrogens is 244 g/mol. The maximum Gasteiger partial charge on any atom is 0.221 e. The first-order valence-electron chi connectivity index (χ1n) is 5.96. The molecule has 3 N–H and O–H groups in total. The predicted octanol–water partition coefficient (Wildman–Crippen LogP) is 2.46. The number of rotatable bonds is 3. The quantitative estimate of drug-likeness (QED) is 0.649. The van der Waals surface area contributed by atoms with Crippen molar-refractivity contribution in [3.8, 4) is 5.75 Å². The largest absolute Gasteiger partial charge is 0.494 e. The van der Waals surface area contributed by atoms with Gasteiger partial charge in [0.25, 0.3) is 0 Å². The van der Waals surface area contributed by atoms with Gasteiger partial charge in [-0.15, -0.1) is 0 Å². The zero-order valence-electron chi connectivity index (χ0n) is 12.0. The lowest BCUT2D eigenvalue weighted by atomic mass is 9.85. The Morgan fingerprint density at radius 2 is 1.84 bits per heavy atom. The third kappa shape index (κ3) is 3.47. The molecule has 1 amide bonds. The molecule has 0 heterocycles. The zero-order valence-corrected chi connectivity index (χ0v) is 12.0. The summed E-state index contributed by atoms with van der Waals surface area (Å²) in [7, 11) is 1.45. The number of carbonyl (C=O) groups excluding carboxylic acids is 2. The van der Waals surface area contributed by atoms with Gasteiger partial charge in [0.15, 0.2) is 11.5 Å². The van der Waals surface area contributed by atoms with Gasteiger partial charge < -0.3 is 15.8 Å². The Balaban J connectivity index is 3.43. The lowest BCUT2D eigenvalue weighted by Gasteiger charge is -2.20. The monoisotopic (exact) mass is 264 g/mol. The molecule has 0 spiro atoms. The summed E-state index contributed by atoms with van der Waals surface area (Å²) in [6, 6.07) is 3.14. The maximum absolute atomic E-state index is 12.4. The van der Waals surface area contributed by atoms with E-state index >= 15 is 0 Å². The topological polar surface area (TPSA) is 81.4 Å². The van der Waals surface area contributed by atoms with Crippen molar-refractivity contribution >= 4 is 23.1 Å². The summed E-state index contributed by atoms with van der Waals surface area (Å²) >= 11 is 0. The number of hydrogen-bond donors (Lipinski definition) is 2. The average molecular weight is 264 g/mol. The Hall–Kier alpha value is -2.04. The number of ether oxygens (including phenoxy) is 1. The van der Waals surface area contributed by atoms with Gasteiger partial charge in [0.2, 0.25) is 5.91 Å². The number of hydrogen-bond acceptors (Lipinski definition) is 4. The summed E-state index contributed by atoms with van der Waals surface area (Å²) in [5.41, 5.74) is 6.40. The van der Waals surface area contributed by atoms with E-state index in [-0.39, 0.29) is 11.7 Å². The first-order valence-corrected chi connectivity index (χ1v) is 5.96. The van der Waals surface area contributed by atoms with Crippen molar-refractivity contribution in [2.45, 2.75) is 27.7 Å². The number of carbonyl (C=O) groups is 2. The Morgan fingerprint density at radius 1 is 1.26 bits per heavy atom. The van der Waals surface area contributed by atoms with Crippen LogP contribution in [0, 0.1) is 5.41 Å². The van der Waals surface area contributed by atoms with E-state index < -0.39 is 5.41 Å². The number of amides is 1. The molecule has 1 aromatic rings. The van der Waals surface area contributed by atoms with E-state index in [1.165, 1.54) is 14.0 Å². The summed E-state index contributed by atoms with van der Waals surface area (Å²) < 4.78 is 5.26. The SMILES string of the molecule is COc1c(NC(C)=O)cc(N)cc1C(=O)C(C)(C)C. The molecule has 0 atom stereocenters. The van der Waals surface area contributed by atoms with Gasteiger partial charge in [0.1, 0.15) is 0 Å². The minimum Gasteiger partial charge on any atom is -0.494 e. The molecule has 0 fully saturated rings. The number of nitrogens with one attached hydrogen (secondary N) is 1. The molecule has 0 aliphatic rings. The Bertz CT molecular complexity index is 516. The molecule has 104 valence electrons. The number of benzene rings is 1. The Morgan fingerprint density at radius 3 is 2.26 bits per heavy atom. The van der Waals surface area contributed by atoms with Crippen molar-refractivity contribution in [2.75, 3.05) is 18.2 Å². The van der Waals surface area contributed by atoms with Gasteiger partial charge in [-0.3, -0.25) is 9.59 Å². The van der Waals surface area contributed by atoms with Crippen LogP contribution in [0.3, 0.4) is 0 Å². The van der Waals surface area contributed by atoms with Crippen LogP contribution in [0.4, 0.5) is 11.4 Å². The van der Waals surface area contributed by atoms with Crippen LogP contribution in [0.2, 0.25) is 0 Å². The molecule has 5 heteroatoms. The third-order valence-electron chi connectivity index (χ3n) is 2.55. The first-order chi connectivity index (χ1) is 8.66. The van der Waals surface area contributed by atoms with Crippen LogP contribution in [0.1, 0.15) is 38.1 Å². The van der Waals surface area contributed by atoms with Crippen molar-refractivity contribution in [1.82, 2.24) is 0 Å². The van der Waals surface area contributed by atoms with Crippen LogP contribution >= 0.6 is 0 Å². The number of methoxy groups -OCH3 is 1. The van der Waals surface area contributed by atoms with E-state index in [4.69, 9.17) is 10.5 Å². The fraction of sp³-hybridized carbons (Fsp3) is 0.429. The highest BCUT2D eigenvalue weighted by Gasteiger charge is 2.27. The second kappa shape index (κ2) is 5.30. The van der Waals surface area contributed by atoms with Gasteiger partial charge >= 0.3 is 0 Å². The number of ketones is 1. The summed E-state index contributed by atoms with van der Waals surface area (Å²) in [6.45, 7) is 6.83. The maximum atomic E-state index is 12.4. The summed E-state index contributed by atoms with van der Waals surface area (Å²) in [4.78, 5) is 23.6. The fourth-order valence-corrected chi connectivity index (χ4v) is 1.73. The molecule has 0 unspecified atom stereocenters. The fourth-order valence-electron chi connectivity index (χ4n) is 1.73. The van der Waals surface area contributed by atoms with Crippen molar-refractivity contribution in [1.29, 1.82) is 0 Å². The second-order valence-electron chi connectivity index (χ2n) is 5.41. The molecule has 0 saturated heterocycles. The van der Waals surface area contributed by atoms with Gasteiger partial charge in [-0.05, 0) is 12.1 Å². The summed E-state index contributed by atoms with van der Waals surface area (Å²) in [5.74, 6) is -0.00867. The number of nitrogen functional groups attached to an aromatic ring is 1. The first kappa shape index (κ1) is 15.0. The Kier molecular flexibility index (Phi) is 4.19. The highest BCUT2D eigenvalue weighted by Crippen LogP contribution is 2.35. The van der Waals surface area contributed by atoms with Gasteiger partial charge in [-0.25, -0.2) is 0 Å². The van der Waals surface area contributed by atoms with E-state index in [0.717, 1.165) is 0 Å². The zero-order chi connectivity index (χ0) is 14.8. The van der Waals surface area contributed by atoms with Crippen molar-refractivity contribution in [2.24, 2.45) is 5.41 Å². The van der Waals surface area contributed by atoms with Crippen LogP contribution in [0.5, 0.6) is 5.75 Å². The van der Waals surface area contributed by atoms with Gasteiger partial charge in [-0.1, -0.05) is 20.8 Å². The second-order valence-corrected chi connectivity index (χ2v) is 5.41. The molecule has 0 radical (unpaired) electrons. The standard InChI is InChI=1S/C14H20N2O3/c1-8(17)16-11-7-9(15)6-10(12(11)19-5)13(18)14(2,3)4/h6-7H,15H2,1-5H3,(H,16,17). The molecule has 1 rings (SSSR count). The van der Waals surface area contributed by atoms with Crippen molar-refractivity contribution in [3.63, 3.8) is 0 Å². The number of nitrogens with two attached hydrogens (primary N) is 1. The minimum absolute atomic E-state index is 0.0942. The molecule has 0 saturated carbocycles. The molecule has 0 bridgehead atoms. The molecule has 1 aromatic carbocycles. The molecule has 0 aliphatic carbocycles.